The van der Waals surface area contributed by atoms with Gasteiger partial charge in [-0.3, -0.25) is 19.7 Å². The van der Waals surface area contributed by atoms with Crippen LogP contribution in [0.5, 0.6) is 0 Å². The highest BCUT2D eigenvalue weighted by Crippen LogP contribution is 2.09. The van der Waals surface area contributed by atoms with Crippen molar-refractivity contribution in [1.29, 1.82) is 0 Å². The first-order valence-electron chi connectivity index (χ1n) is 6.66. The van der Waals surface area contributed by atoms with Gasteiger partial charge in [0.2, 0.25) is 11.3 Å². The number of unbranched alkanes of at least 4 members (excludes halogenated alkanes) is 2. The Morgan fingerprint density at radius 2 is 2.05 bits per heavy atom. The van der Waals surface area contributed by atoms with E-state index in [0.29, 0.717) is 11.8 Å². The summed E-state index contributed by atoms with van der Waals surface area (Å²) in [5.74, 6) is 4.87. The minimum Gasteiger partial charge on any atom is -0.294 e. The third-order valence-electron chi connectivity index (χ3n) is 3.20. The second-order valence-corrected chi connectivity index (χ2v) is 4.63. The molecular formula is C14H18N4O2. The molecule has 6 nitrogen and oxygen atoms in total. The smallest absolute Gasteiger partial charge is 0.233 e. The van der Waals surface area contributed by atoms with E-state index in [0.717, 1.165) is 31.3 Å². The predicted molar refractivity (Wildman–Crippen MR) is 76.8 cm³/mol. The number of carbonyl (C=O) groups excluding carboxylic acids is 1. The van der Waals surface area contributed by atoms with Crippen molar-refractivity contribution in [3.05, 3.63) is 40.7 Å². The maximum Gasteiger partial charge on any atom is 0.233 e. The molecule has 0 aliphatic carbocycles. The summed E-state index contributed by atoms with van der Waals surface area (Å²) in [7, 11) is 0. The Kier molecular flexibility index (Phi) is 4.84. The number of nitrogens with two attached hydrogens (primary N) is 1. The first-order valence-corrected chi connectivity index (χ1v) is 6.66. The number of hydrogen-bond acceptors (Lipinski definition) is 4. The van der Waals surface area contributed by atoms with Crippen molar-refractivity contribution >= 4 is 16.8 Å². The van der Waals surface area contributed by atoms with Crippen LogP contribution in [0, 0.1) is 0 Å². The number of carbonyl (C=O) groups is 1. The van der Waals surface area contributed by atoms with Crippen molar-refractivity contribution in [1.82, 2.24) is 15.2 Å². The molecule has 0 fully saturated rings. The lowest BCUT2D eigenvalue weighted by Crippen LogP contribution is -2.29. The predicted octanol–water partition coefficient (Wildman–Crippen LogP) is 0.947. The Hall–Kier alpha value is -2.21. The number of nitrogens with one attached hydrogen (secondary N) is 1. The molecule has 6 heteroatoms. The molecule has 0 bridgehead atoms. The van der Waals surface area contributed by atoms with E-state index >= 15 is 0 Å². The average Bonchev–Trinajstić information content (AvgIpc) is 2.49. The summed E-state index contributed by atoms with van der Waals surface area (Å²) in [6.07, 6.45) is 4.40. The average molecular weight is 274 g/mol. The topological polar surface area (TPSA) is 90.0 Å². The lowest BCUT2D eigenvalue weighted by molar-refractivity contribution is -0.121. The number of hydrogen-bond donors (Lipinski definition) is 2. The lowest BCUT2D eigenvalue weighted by atomic mass is 10.2. The van der Waals surface area contributed by atoms with Gasteiger partial charge in [-0.1, -0.05) is 18.6 Å². The molecule has 0 saturated heterocycles. The van der Waals surface area contributed by atoms with Crippen LogP contribution in [0.25, 0.3) is 10.9 Å². The molecule has 0 saturated carbocycles. The Morgan fingerprint density at radius 1 is 1.25 bits per heavy atom. The van der Waals surface area contributed by atoms with Gasteiger partial charge in [0.1, 0.15) is 0 Å². The minimum absolute atomic E-state index is 0.0588. The number of aromatic nitrogens is 2. The first kappa shape index (κ1) is 14.2. The van der Waals surface area contributed by atoms with Crippen LogP contribution in [-0.4, -0.2) is 15.7 Å². The normalized spacial score (nSPS) is 10.7. The van der Waals surface area contributed by atoms with Crippen LogP contribution in [0.15, 0.2) is 35.3 Å². The number of aryl methyl sites for hydroxylation is 1. The highest BCUT2D eigenvalue weighted by atomic mass is 16.2. The van der Waals surface area contributed by atoms with Crippen molar-refractivity contribution < 1.29 is 4.79 Å². The zero-order valence-corrected chi connectivity index (χ0v) is 11.2. The summed E-state index contributed by atoms with van der Waals surface area (Å²) in [6.45, 7) is 0.727. The van der Waals surface area contributed by atoms with Gasteiger partial charge in [-0.25, -0.2) is 5.84 Å². The number of rotatable bonds is 6. The van der Waals surface area contributed by atoms with Crippen molar-refractivity contribution in [2.75, 3.05) is 0 Å². The van der Waals surface area contributed by atoms with Crippen LogP contribution in [0.4, 0.5) is 0 Å². The number of hydrazine groups is 1. The molecule has 0 radical (unpaired) electrons. The Bertz CT molecular complexity index is 651. The highest BCUT2D eigenvalue weighted by molar-refractivity contribution is 5.77. The fourth-order valence-electron chi connectivity index (χ4n) is 2.14. The first-order chi connectivity index (χ1) is 9.72. The quantitative estimate of drug-likeness (QED) is 0.355. The molecule has 1 amide bonds. The molecule has 20 heavy (non-hydrogen) atoms. The number of amides is 1. The van der Waals surface area contributed by atoms with E-state index in [2.05, 4.69) is 10.5 Å². The fraction of sp³-hybridized carbons (Fsp3) is 0.357. The van der Waals surface area contributed by atoms with Gasteiger partial charge >= 0.3 is 0 Å². The second-order valence-electron chi connectivity index (χ2n) is 4.63. The maximum absolute atomic E-state index is 11.7. The van der Waals surface area contributed by atoms with E-state index in [1.54, 1.807) is 6.07 Å². The molecule has 0 aliphatic heterocycles. The van der Waals surface area contributed by atoms with Gasteiger partial charge in [0.15, 0.2) is 0 Å². The second kappa shape index (κ2) is 6.81. The third-order valence-corrected chi connectivity index (χ3v) is 3.20. The molecule has 2 aromatic rings. The summed E-state index contributed by atoms with van der Waals surface area (Å²) in [4.78, 5) is 22.7. The van der Waals surface area contributed by atoms with E-state index in [-0.39, 0.29) is 11.3 Å². The summed E-state index contributed by atoms with van der Waals surface area (Å²) in [6, 6.07) is 7.44. The Morgan fingerprint density at radius 3 is 2.85 bits per heavy atom. The molecule has 0 unspecified atom stereocenters. The van der Waals surface area contributed by atoms with E-state index in [4.69, 9.17) is 5.84 Å². The van der Waals surface area contributed by atoms with Crippen LogP contribution in [0.1, 0.15) is 25.7 Å². The molecule has 1 heterocycles. The molecular weight excluding hydrogens is 256 g/mol. The Balaban J connectivity index is 1.95. The van der Waals surface area contributed by atoms with Crippen molar-refractivity contribution in [2.24, 2.45) is 5.84 Å². The monoisotopic (exact) mass is 274 g/mol. The van der Waals surface area contributed by atoms with Crippen LogP contribution >= 0.6 is 0 Å². The molecule has 0 aliphatic rings. The lowest BCUT2D eigenvalue weighted by Gasteiger charge is -2.08. The molecule has 3 N–H and O–H groups in total. The van der Waals surface area contributed by atoms with E-state index < -0.39 is 0 Å². The third kappa shape index (κ3) is 3.42. The van der Waals surface area contributed by atoms with Crippen molar-refractivity contribution in [2.45, 2.75) is 32.2 Å². The largest absolute Gasteiger partial charge is 0.294 e. The van der Waals surface area contributed by atoms with E-state index in [9.17, 15) is 9.59 Å². The number of para-hydroxylation sites is 1. The maximum atomic E-state index is 11.7. The summed E-state index contributed by atoms with van der Waals surface area (Å²) in [5.41, 5.74) is 2.90. The Labute approximate surface area is 116 Å². The number of nitrogens with zero attached hydrogens (tertiary/aromatic N) is 2. The zero-order chi connectivity index (χ0) is 14.4. The number of benzene rings is 1. The number of fused-ring (bicyclic) bond motifs is 1. The van der Waals surface area contributed by atoms with Gasteiger partial charge < -0.3 is 0 Å². The van der Waals surface area contributed by atoms with E-state index in [1.165, 1.54) is 6.20 Å². The standard InChI is InChI=1S/C14H18N4O2/c15-17-14(20)8-2-1-5-9-18-12-7-4-3-6-11(12)13(19)10-16-18/h3-4,6-7,10H,1-2,5,8-9,15H2,(H,17,20). The van der Waals surface area contributed by atoms with Gasteiger partial charge in [0.25, 0.3) is 0 Å². The molecule has 0 spiro atoms. The van der Waals surface area contributed by atoms with Gasteiger partial charge in [-0.05, 0) is 25.0 Å². The highest BCUT2D eigenvalue weighted by Gasteiger charge is 2.03. The van der Waals surface area contributed by atoms with Gasteiger partial charge in [0, 0.05) is 18.4 Å². The zero-order valence-electron chi connectivity index (χ0n) is 11.2. The van der Waals surface area contributed by atoms with Gasteiger partial charge in [-0.2, -0.15) is 5.10 Å². The fourth-order valence-corrected chi connectivity index (χ4v) is 2.14. The van der Waals surface area contributed by atoms with Gasteiger partial charge in [-0.15, -0.1) is 0 Å². The summed E-state index contributed by atoms with van der Waals surface area (Å²) >= 11 is 0. The van der Waals surface area contributed by atoms with Crippen molar-refractivity contribution in [3.8, 4) is 0 Å². The molecule has 1 aromatic carbocycles. The molecule has 1 aromatic heterocycles. The van der Waals surface area contributed by atoms with Crippen LogP contribution < -0.4 is 16.7 Å². The van der Waals surface area contributed by atoms with Crippen LogP contribution in [0.2, 0.25) is 0 Å². The van der Waals surface area contributed by atoms with E-state index in [1.807, 2.05) is 22.9 Å². The molecule has 0 atom stereocenters. The minimum atomic E-state index is -0.142. The molecule has 106 valence electrons. The van der Waals surface area contributed by atoms with Gasteiger partial charge in [0.05, 0.1) is 11.7 Å². The van der Waals surface area contributed by atoms with Crippen LogP contribution in [-0.2, 0) is 11.3 Å². The molecule has 2 rings (SSSR count). The SMILES string of the molecule is NNC(=O)CCCCCn1ncc(=O)c2ccccc21. The van der Waals surface area contributed by atoms with Crippen LogP contribution in [0.3, 0.4) is 0 Å². The van der Waals surface area contributed by atoms with Crippen molar-refractivity contribution in [3.63, 3.8) is 0 Å². The summed E-state index contributed by atoms with van der Waals surface area (Å²) in [5, 5.41) is 4.85. The summed E-state index contributed by atoms with van der Waals surface area (Å²) < 4.78 is 1.83.